The Morgan fingerprint density at radius 2 is 1.83 bits per heavy atom. The zero-order valence-corrected chi connectivity index (χ0v) is 11.4. The Kier molecular flexibility index (Phi) is 6.60. The van der Waals surface area contributed by atoms with Gasteiger partial charge in [-0.15, -0.1) is 11.8 Å². The van der Waals surface area contributed by atoms with Gasteiger partial charge in [-0.25, -0.2) is 8.78 Å². The normalized spacial score (nSPS) is 14.8. The summed E-state index contributed by atoms with van der Waals surface area (Å²) in [5.74, 6) is -0.171. The molecule has 2 N–H and O–H groups in total. The molecule has 1 aromatic rings. The van der Waals surface area contributed by atoms with Crippen molar-refractivity contribution in [2.75, 3.05) is 12.3 Å². The van der Waals surface area contributed by atoms with Crippen molar-refractivity contribution in [2.45, 2.75) is 37.3 Å². The van der Waals surface area contributed by atoms with Gasteiger partial charge in [0.25, 0.3) is 0 Å². The first-order valence-electron chi connectivity index (χ1n) is 5.91. The van der Waals surface area contributed by atoms with Crippen LogP contribution >= 0.6 is 11.8 Å². The van der Waals surface area contributed by atoms with E-state index in [4.69, 9.17) is 0 Å². The fourth-order valence-corrected chi connectivity index (χ4v) is 2.12. The molecule has 2 nitrogen and oxygen atoms in total. The van der Waals surface area contributed by atoms with Crippen LogP contribution in [0.4, 0.5) is 8.78 Å². The lowest BCUT2D eigenvalue weighted by atomic mass is 10.1. The van der Waals surface area contributed by atoms with E-state index in [-0.39, 0.29) is 17.9 Å². The van der Waals surface area contributed by atoms with Crippen LogP contribution in [0.2, 0.25) is 0 Å². The standard InChI is InChI=1S/C13H19F2NOS/c1-9(17)7-16-10(2)11-3-5-12(6-4-11)18-8-13(14)15/h3-6,9-10,13,16-17H,7-8H2,1-2H3. The lowest BCUT2D eigenvalue weighted by molar-refractivity contribution is 0.177. The Bertz CT molecular complexity index is 343. The molecule has 0 radical (unpaired) electrons. The van der Waals surface area contributed by atoms with Crippen LogP contribution in [0, 0.1) is 0 Å². The molecular weight excluding hydrogens is 256 g/mol. The number of aliphatic hydroxyl groups excluding tert-OH is 1. The predicted molar refractivity (Wildman–Crippen MR) is 71.3 cm³/mol. The van der Waals surface area contributed by atoms with Crippen molar-refractivity contribution in [3.05, 3.63) is 29.8 Å². The first-order valence-corrected chi connectivity index (χ1v) is 6.90. The van der Waals surface area contributed by atoms with Crippen LogP contribution in [0.25, 0.3) is 0 Å². The van der Waals surface area contributed by atoms with E-state index in [1.165, 1.54) is 0 Å². The third kappa shape index (κ3) is 5.80. The highest BCUT2D eigenvalue weighted by molar-refractivity contribution is 7.99. The number of benzene rings is 1. The average Bonchev–Trinajstić information content (AvgIpc) is 2.34. The van der Waals surface area contributed by atoms with Crippen molar-refractivity contribution in [3.63, 3.8) is 0 Å². The Balaban J connectivity index is 2.48. The second-order valence-corrected chi connectivity index (χ2v) is 5.34. The maximum Gasteiger partial charge on any atom is 0.247 e. The van der Waals surface area contributed by atoms with Gasteiger partial charge in [0, 0.05) is 17.5 Å². The number of nitrogens with one attached hydrogen (secondary N) is 1. The van der Waals surface area contributed by atoms with Gasteiger partial charge >= 0.3 is 0 Å². The van der Waals surface area contributed by atoms with Crippen molar-refractivity contribution in [1.82, 2.24) is 5.32 Å². The largest absolute Gasteiger partial charge is 0.392 e. The molecule has 1 aromatic carbocycles. The molecule has 0 aromatic heterocycles. The minimum Gasteiger partial charge on any atom is -0.392 e. The zero-order valence-electron chi connectivity index (χ0n) is 10.6. The number of aliphatic hydroxyl groups is 1. The Labute approximate surface area is 111 Å². The fraction of sp³-hybridized carbons (Fsp3) is 0.538. The number of thioether (sulfide) groups is 1. The molecule has 0 amide bonds. The lowest BCUT2D eigenvalue weighted by Gasteiger charge is -2.15. The Morgan fingerprint density at radius 3 is 2.33 bits per heavy atom. The van der Waals surface area contributed by atoms with Gasteiger partial charge in [-0.1, -0.05) is 12.1 Å². The first kappa shape index (κ1) is 15.4. The molecule has 0 fully saturated rings. The van der Waals surface area contributed by atoms with E-state index in [2.05, 4.69) is 5.32 Å². The second kappa shape index (κ2) is 7.71. The second-order valence-electron chi connectivity index (χ2n) is 4.25. The van der Waals surface area contributed by atoms with Gasteiger partial charge in [0.2, 0.25) is 6.43 Å². The summed E-state index contributed by atoms with van der Waals surface area (Å²) in [6.45, 7) is 4.26. The topological polar surface area (TPSA) is 32.3 Å². The third-order valence-corrected chi connectivity index (χ3v) is 3.50. The molecule has 0 aliphatic carbocycles. The number of alkyl halides is 2. The highest BCUT2D eigenvalue weighted by Crippen LogP contribution is 2.22. The van der Waals surface area contributed by atoms with Gasteiger partial charge in [0.1, 0.15) is 0 Å². The van der Waals surface area contributed by atoms with Gasteiger partial charge < -0.3 is 10.4 Å². The minimum atomic E-state index is -2.28. The molecule has 18 heavy (non-hydrogen) atoms. The smallest absolute Gasteiger partial charge is 0.247 e. The molecule has 0 bridgehead atoms. The van der Waals surface area contributed by atoms with Crippen molar-refractivity contribution >= 4 is 11.8 Å². The molecule has 0 heterocycles. The van der Waals surface area contributed by atoms with E-state index in [1.54, 1.807) is 6.92 Å². The van der Waals surface area contributed by atoms with Crippen LogP contribution in [0.15, 0.2) is 29.2 Å². The molecule has 102 valence electrons. The highest BCUT2D eigenvalue weighted by Gasteiger charge is 2.07. The quantitative estimate of drug-likeness (QED) is 0.750. The summed E-state index contributed by atoms with van der Waals surface area (Å²) in [5, 5.41) is 12.4. The summed E-state index contributed by atoms with van der Waals surface area (Å²) in [6, 6.07) is 7.68. The van der Waals surface area contributed by atoms with E-state index in [9.17, 15) is 13.9 Å². The van der Waals surface area contributed by atoms with E-state index in [0.717, 1.165) is 22.2 Å². The summed E-state index contributed by atoms with van der Waals surface area (Å²) >= 11 is 1.16. The molecule has 2 atom stereocenters. The molecule has 5 heteroatoms. The van der Waals surface area contributed by atoms with Crippen molar-refractivity contribution in [2.24, 2.45) is 0 Å². The molecule has 0 aliphatic rings. The lowest BCUT2D eigenvalue weighted by Crippen LogP contribution is -2.27. The highest BCUT2D eigenvalue weighted by atomic mass is 32.2. The minimum absolute atomic E-state index is 0.133. The van der Waals surface area contributed by atoms with Crippen LogP contribution < -0.4 is 5.32 Å². The molecule has 0 saturated carbocycles. The summed E-state index contributed by atoms with van der Waals surface area (Å²) in [4.78, 5) is 0.849. The Morgan fingerprint density at radius 1 is 1.22 bits per heavy atom. The summed E-state index contributed by atoms with van der Waals surface area (Å²) in [6.07, 6.45) is -2.66. The van der Waals surface area contributed by atoms with Crippen LogP contribution in [0.1, 0.15) is 25.5 Å². The maximum absolute atomic E-state index is 12.0. The number of rotatable bonds is 7. The monoisotopic (exact) mass is 275 g/mol. The van der Waals surface area contributed by atoms with Crippen molar-refractivity contribution in [3.8, 4) is 0 Å². The van der Waals surface area contributed by atoms with Gasteiger partial charge in [0.15, 0.2) is 0 Å². The summed E-state index contributed by atoms with van der Waals surface area (Å²) in [5.41, 5.74) is 1.08. The zero-order chi connectivity index (χ0) is 13.5. The van der Waals surface area contributed by atoms with Crippen LogP contribution in [-0.2, 0) is 0 Å². The maximum atomic E-state index is 12.0. The summed E-state index contributed by atoms with van der Waals surface area (Å²) in [7, 11) is 0. The SMILES string of the molecule is CC(O)CNC(C)c1ccc(SCC(F)F)cc1. The predicted octanol–water partition coefficient (Wildman–Crippen LogP) is 3.08. The molecule has 0 saturated heterocycles. The molecular formula is C13H19F2NOS. The van der Waals surface area contributed by atoms with Crippen LogP contribution in [0.5, 0.6) is 0 Å². The number of halogens is 2. The number of hydrogen-bond donors (Lipinski definition) is 2. The molecule has 0 spiro atoms. The van der Waals surface area contributed by atoms with E-state index in [0.29, 0.717) is 6.54 Å². The Hall–Kier alpha value is -0.650. The van der Waals surface area contributed by atoms with E-state index < -0.39 is 6.43 Å². The van der Waals surface area contributed by atoms with Crippen LogP contribution in [-0.4, -0.2) is 29.9 Å². The van der Waals surface area contributed by atoms with Crippen molar-refractivity contribution in [1.29, 1.82) is 0 Å². The van der Waals surface area contributed by atoms with Crippen molar-refractivity contribution < 1.29 is 13.9 Å². The molecule has 2 unspecified atom stereocenters. The molecule has 1 rings (SSSR count). The van der Waals surface area contributed by atoms with E-state index in [1.807, 2.05) is 31.2 Å². The van der Waals surface area contributed by atoms with Gasteiger partial charge in [-0.2, -0.15) is 0 Å². The average molecular weight is 275 g/mol. The van der Waals surface area contributed by atoms with Gasteiger partial charge in [-0.05, 0) is 31.5 Å². The summed E-state index contributed by atoms with van der Waals surface area (Å²) < 4.78 is 24.1. The van der Waals surface area contributed by atoms with E-state index >= 15 is 0 Å². The molecule has 0 aliphatic heterocycles. The van der Waals surface area contributed by atoms with Crippen LogP contribution in [0.3, 0.4) is 0 Å². The fourth-order valence-electron chi connectivity index (χ4n) is 1.48. The number of hydrogen-bond acceptors (Lipinski definition) is 3. The first-order chi connectivity index (χ1) is 8.49. The third-order valence-electron chi connectivity index (χ3n) is 2.48. The van der Waals surface area contributed by atoms with Gasteiger partial charge in [0.05, 0.1) is 11.9 Å². The van der Waals surface area contributed by atoms with Gasteiger partial charge in [-0.3, -0.25) is 0 Å².